The molecule has 27 heavy (non-hydrogen) atoms. The SMILES string of the molecule is Cc1cn2c(N3CCN(C(=O)OC(C)(C)C)C(CC(=O)O)C3)cccc2n1. The lowest BCUT2D eigenvalue weighted by Gasteiger charge is -2.42. The van der Waals surface area contributed by atoms with Crippen LogP contribution in [0.3, 0.4) is 0 Å². The standard InChI is InChI=1S/C19H26N4O4/c1-13-11-23-15(20-13)6-5-7-16(23)21-8-9-22(14(12-21)10-17(24)25)18(26)27-19(2,3)4/h5-7,11,14H,8-10,12H2,1-4H3,(H,24,25). The lowest BCUT2D eigenvalue weighted by Crippen LogP contribution is -2.57. The number of hydrogen-bond donors (Lipinski definition) is 1. The fourth-order valence-electron chi connectivity index (χ4n) is 3.38. The van der Waals surface area contributed by atoms with Gasteiger partial charge in [-0.15, -0.1) is 0 Å². The summed E-state index contributed by atoms with van der Waals surface area (Å²) in [7, 11) is 0. The molecule has 1 aliphatic heterocycles. The van der Waals surface area contributed by atoms with Crippen molar-refractivity contribution in [3.63, 3.8) is 0 Å². The molecule has 0 radical (unpaired) electrons. The van der Waals surface area contributed by atoms with Gasteiger partial charge in [-0.3, -0.25) is 9.20 Å². The predicted molar refractivity (Wildman–Crippen MR) is 101 cm³/mol. The van der Waals surface area contributed by atoms with E-state index in [1.165, 1.54) is 4.90 Å². The molecule has 1 saturated heterocycles. The Morgan fingerprint density at radius 2 is 2.04 bits per heavy atom. The van der Waals surface area contributed by atoms with E-state index in [9.17, 15) is 14.7 Å². The summed E-state index contributed by atoms with van der Waals surface area (Å²) in [6.45, 7) is 8.75. The van der Waals surface area contributed by atoms with Gasteiger partial charge >= 0.3 is 12.1 Å². The fraction of sp³-hybridized carbons (Fsp3) is 0.526. The summed E-state index contributed by atoms with van der Waals surface area (Å²) < 4.78 is 7.46. The highest BCUT2D eigenvalue weighted by molar-refractivity contribution is 5.72. The van der Waals surface area contributed by atoms with Gasteiger partial charge in [-0.05, 0) is 39.8 Å². The second kappa shape index (κ2) is 7.09. The van der Waals surface area contributed by atoms with Gasteiger partial charge in [-0.25, -0.2) is 9.78 Å². The number of aliphatic carboxylic acids is 1. The number of hydrogen-bond acceptors (Lipinski definition) is 5. The highest BCUT2D eigenvalue weighted by Crippen LogP contribution is 2.24. The third-order valence-corrected chi connectivity index (χ3v) is 4.44. The summed E-state index contributed by atoms with van der Waals surface area (Å²) in [6, 6.07) is 5.38. The Morgan fingerprint density at radius 3 is 2.70 bits per heavy atom. The number of amides is 1. The van der Waals surface area contributed by atoms with E-state index in [0.29, 0.717) is 19.6 Å². The van der Waals surface area contributed by atoms with Crippen LogP contribution in [0, 0.1) is 6.92 Å². The smallest absolute Gasteiger partial charge is 0.410 e. The molecule has 0 aliphatic carbocycles. The first-order valence-corrected chi connectivity index (χ1v) is 9.05. The minimum absolute atomic E-state index is 0.130. The van der Waals surface area contributed by atoms with Crippen LogP contribution in [0.4, 0.5) is 10.6 Å². The van der Waals surface area contributed by atoms with Crippen molar-refractivity contribution in [3.8, 4) is 0 Å². The lowest BCUT2D eigenvalue weighted by molar-refractivity contribution is -0.138. The monoisotopic (exact) mass is 374 g/mol. The molecule has 146 valence electrons. The second-order valence-electron chi connectivity index (χ2n) is 7.87. The van der Waals surface area contributed by atoms with Gasteiger partial charge in [0.1, 0.15) is 17.1 Å². The quantitative estimate of drug-likeness (QED) is 0.888. The van der Waals surface area contributed by atoms with Crippen LogP contribution in [0.25, 0.3) is 5.65 Å². The Kier molecular flexibility index (Phi) is 4.99. The number of pyridine rings is 1. The van der Waals surface area contributed by atoms with Crippen molar-refractivity contribution in [2.24, 2.45) is 0 Å². The largest absolute Gasteiger partial charge is 0.481 e. The van der Waals surface area contributed by atoms with Crippen molar-refractivity contribution in [1.29, 1.82) is 0 Å². The summed E-state index contributed by atoms with van der Waals surface area (Å²) >= 11 is 0. The number of carboxylic acids is 1. The number of imidazole rings is 1. The van der Waals surface area contributed by atoms with Gasteiger partial charge in [-0.1, -0.05) is 6.07 Å². The van der Waals surface area contributed by atoms with E-state index in [4.69, 9.17) is 4.74 Å². The van der Waals surface area contributed by atoms with E-state index < -0.39 is 23.7 Å². The van der Waals surface area contributed by atoms with E-state index in [2.05, 4.69) is 9.88 Å². The van der Waals surface area contributed by atoms with Crippen LogP contribution in [0.2, 0.25) is 0 Å². The van der Waals surface area contributed by atoms with Gasteiger partial charge < -0.3 is 19.6 Å². The molecule has 1 unspecified atom stereocenters. The maximum absolute atomic E-state index is 12.5. The fourth-order valence-corrected chi connectivity index (χ4v) is 3.38. The Morgan fingerprint density at radius 1 is 1.30 bits per heavy atom. The molecular weight excluding hydrogens is 348 g/mol. The molecule has 1 fully saturated rings. The lowest BCUT2D eigenvalue weighted by atomic mass is 10.1. The van der Waals surface area contributed by atoms with Gasteiger partial charge in [0.15, 0.2) is 0 Å². The minimum Gasteiger partial charge on any atom is -0.481 e. The third-order valence-electron chi connectivity index (χ3n) is 4.44. The third kappa shape index (κ3) is 4.32. The molecule has 1 atom stereocenters. The number of aryl methyl sites for hydroxylation is 1. The number of carboxylic acid groups (broad SMARTS) is 1. The summed E-state index contributed by atoms with van der Waals surface area (Å²) in [5.41, 5.74) is 1.13. The van der Waals surface area contributed by atoms with Crippen molar-refractivity contribution in [2.45, 2.75) is 45.8 Å². The summed E-state index contributed by atoms with van der Waals surface area (Å²) in [5.74, 6) is -0.000537. The first kappa shape index (κ1) is 19.0. The summed E-state index contributed by atoms with van der Waals surface area (Å²) in [5, 5.41) is 9.32. The second-order valence-corrected chi connectivity index (χ2v) is 7.87. The number of carbonyl (C=O) groups is 2. The maximum atomic E-state index is 12.5. The molecule has 0 saturated carbocycles. The molecule has 8 heteroatoms. The number of ether oxygens (including phenoxy) is 1. The average Bonchev–Trinajstić information content (AvgIpc) is 2.92. The maximum Gasteiger partial charge on any atom is 0.410 e. The average molecular weight is 374 g/mol. The van der Waals surface area contributed by atoms with Crippen molar-refractivity contribution in [3.05, 3.63) is 30.1 Å². The molecule has 2 aromatic heterocycles. The van der Waals surface area contributed by atoms with Crippen LogP contribution in [-0.2, 0) is 9.53 Å². The molecule has 0 spiro atoms. The number of aromatic nitrogens is 2. The van der Waals surface area contributed by atoms with Crippen LogP contribution in [-0.4, -0.2) is 62.7 Å². The predicted octanol–water partition coefficient (Wildman–Crippen LogP) is 2.54. The molecule has 2 aromatic rings. The van der Waals surface area contributed by atoms with Gasteiger partial charge in [-0.2, -0.15) is 0 Å². The van der Waals surface area contributed by atoms with Gasteiger partial charge in [0.25, 0.3) is 0 Å². The van der Waals surface area contributed by atoms with Crippen LogP contribution in [0.15, 0.2) is 24.4 Å². The van der Waals surface area contributed by atoms with E-state index in [1.54, 1.807) is 20.8 Å². The number of nitrogens with zero attached hydrogens (tertiary/aromatic N) is 4. The Bertz CT molecular complexity index is 855. The molecule has 1 N–H and O–H groups in total. The highest BCUT2D eigenvalue weighted by atomic mass is 16.6. The normalized spacial score (nSPS) is 18.0. The molecule has 0 aromatic carbocycles. The van der Waals surface area contributed by atoms with Crippen molar-refractivity contribution < 1.29 is 19.4 Å². The molecule has 3 rings (SSSR count). The van der Waals surface area contributed by atoms with Crippen LogP contribution < -0.4 is 4.90 Å². The van der Waals surface area contributed by atoms with E-state index in [-0.39, 0.29) is 6.42 Å². The van der Waals surface area contributed by atoms with Crippen LogP contribution >= 0.6 is 0 Å². The van der Waals surface area contributed by atoms with E-state index >= 15 is 0 Å². The first-order valence-electron chi connectivity index (χ1n) is 9.05. The van der Waals surface area contributed by atoms with Gasteiger partial charge in [0, 0.05) is 25.8 Å². The molecule has 0 bridgehead atoms. The molecule has 1 aliphatic rings. The van der Waals surface area contributed by atoms with Crippen molar-refractivity contribution >= 4 is 23.5 Å². The number of piperazine rings is 1. The van der Waals surface area contributed by atoms with E-state index in [1.807, 2.05) is 35.7 Å². The zero-order valence-electron chi connectivity index (χ0n) is 16.2. The zero-order valence-corrected chi connectivity index (χ0v) is 16.2. The Balaban J connectivity index is 1.85. The van der Waals surface area contributed by atoms with Gasteiger partial charge in [0.2, 0.25) is 0 Å². The van der Waals surface area contributed by atoms with E-state index in [0.717, 1.165) is 17.2 Å². The number of rotatable bonds is 3. The molecular formula is C19H26N4O4. The molecule has 1 amide bonds. The molecule has 8 nitrogen and oxygen atoms in total. The van der Waals surface area contributed by atoms with Gasteiger partial charge in [0.05, 0.1) is 18.2 Å². The first-order chi connectivity index (χ1) is 12.6. The Labute approximate surface area is 158 Å². The number of fused-ring (bicyclic) bond motifs is 1. The van der Waals surface area contributed by atoms with Crippen LogP contribution in [0.5, 0.6) is 0 Å². The molecule has 3 heterocycles. The van der Waals surface area contributed by atoms with Crippen molar-refractivity contribution in [1.82, 2.24) is 14.3 Å². The summed E-state index contributed by atoms with van der Waals surface area (Å²) in [6.07, 6.45) is 1.36. The Hall–Kier alpha value is -2.77. The topological polar surface area (TPSA) is 87.4 Å². The number of anilines is 1. The van der Waals surface area contributed by atoms with Crippen molar-refractivity contribution in [2.75, 3.05) is 24.5 Å². The zero-order chi connectivity index (χ0) is 19.8. The minimum atomic E-state index is -0.938. The van der Waals surface area contributed by atoms with Crippen LogP contribution in [0.1, 0.15) is 32.9 Å². The highest BCUT2D eigenvalue weighted by Gasteiger charge is 2.35. The summed E-state index contributed by atoms with van der Waals surface area (Å²) in [4.78, 5) is 32.0. The number of carbonyl (C=O) groups excluding carboxylic acids is 1.